The van der Waals surface area contributed by atoms with Crippen molar-refractivity contribution in [3.63, 3.8) is 0 Å². The summed E-state index contributed by atoms with van der Waals surface area (Å²) in [5, 5.41) is 11.0. The standard InChI is InChI=1S/C10H14N4O/c1-6-3-7(9(12)5-14-13)10(15-2)8(11)4-6/h3-5,12H,11,13H2,1-2H3/b12-9?,14-5-. The van der Waals surface area contributed by atoms with E-state index in [1.54, 1.807) is 12.1 Å². The van der Waals surface area contributed by atoms with E-state index in [2.05, 4.69) is 5.10 Å². The van der Waals surface area contributed by atoms with Crippen molar-refractivity contribution < 1.29 is 4.74 Å². The van der Waals surface area contributed by atoms with Crippen LogP contribution < -0.4 is 16.3 Å². The van der Waals surface area contributed by atoms with Crippen LogP contribution in [0.3, 0.4) is 0 Å². The maximum Gasteiger partial charge on any atom is 0.151 e. The van der Waals surface area contributed by atoms with Gasteiger partial charge in [-0.15, -0.1) is 0 Å². The molecule has 5 N–H and O–H groups in total. The lowest BCUT2D eigenvalue weighted by Crippen LogP contribution is -2.07. The molecule has 5 nitrogen and oxygen atoms in total. The number of hydrogen-bond acceptors (Lipinski definition) is 5. The van der Waals surface area contributed by atoms with E-state index in [4.69, 9.17) is 21.7 Å². The molecule has 0 aromatic heterocycles. The second-order valence-corrected chi connectivity index (χ2v) is 3.13. The summed E-state index contributed by atoms with van der Waals surface area (Å²) in [6, 6.07) is 3.59. The number of hydrazone groups is 1. The lowest BCUT2D eigenvalue weighted by Gasteiger charge is -2.11. The first-order valence-corrected chi connectivity index (χ1v) is 4.36. The number of nitrogens with two attached hydrogens (primary N) is 2. The van der Waals surface area contributed by atoms with Gasteiger partial charge in [-0.05, 0) is 24.6 Å². The highest BCUT2D eigenvalue weighted by Gasteiger charge is 2.11. The van der Waals surface area contributed by atoms with Gasteiger partial charge in [0, 0.05) is 5.56 Å². The van der Waals surface area contributed by atoms with Gasteiger partial charge in [-0.1, -0.05) is 0 Å². The van der Waals surface area contributed by atoms with Gasteiger partial charge in [-0.3, -0.25) is 5.41 Å². The molecule has 1 aromatic rings. The highest BCUT2D eigenvalue weighted by atomic mass is 16.5. The van der Waals surface area contributed by atoms with Crippen LogP contribution in [0.5, 0.6) is 5.75 Å². The molecule has 0 fully saturated rings. The molecule has 15 heavy (non-hydrogen) atoms. The van der Waals surface area contributed by atoms with Crippen LogP contribution in [0.25, 0.3) is 0 Å². The van der Waals surface area contributed by atoms with Crippen molar-refractivity contribution in [1.82, 2.24) is 0 Å². The Morgan fingerprint density at radius 1 is 1.53 bits per heavy atom. The van der Waals surface area contributed by atoms with Gasteiger partial charge in [0.05, 0.1) is 24.7 Å². The fourth-order valence-electron chi connectivity index (χ4n) is 1.37. The molecule has 1 rings (SSSR count). The number of methoxy groups -OCH3 is 1. The van der Waals surface area contributed by atoms with Crippen LogP contribution in [0.15, 0.2) is 17.2 Å². The van der Waals surface area contributed by atoms with Crippen LogP contribution in [0.1, 0.15) is 11.1 Å². The summed E-state index contributed by atoms with van der Waals surface area (Å²) in [7, 11) is 1.51. The van der Waals surface area contributed by atoms with E-state index >= 15 is 0 Å². The van der Waals surface area contributed by atoms with Crippen molar-refractivity contribution in [2.24, 2.45) is 10.9 Å². The predicted octanol–water partition coefficient (Wildman–Crippen LogP) is 0.898. The molecule has 0 saturated carbocycles. The van der Waals surface area contributed by atoms with E-state index in [0.29, 0.717) is 17.0 Å². The van der Waals surface area contributed by atoms with Crippen LogP contribution in [-0.2, 0) is 0 Å². The molecule has 0 radical (unpaired) electrons. The third kappa shape index (κ3) is 2.25. The minimum Gasteiger partial charge on any atom is -0.494 e. The summed E-state index contributed by atoms with van der Waals surface area (Å²) in [4.78, 5) is 0. The molecule has 0 aliphatic rings. The fourth-order valence-corrected chi connectivity index (χ4v) is 1.37. The van der Waals surface area contributed by atoms with Crippen LogP contribution in [-0.4, -0.2) is 19.0 Å². The maximum atomic E-state index is 7.70. The molecule has 80 valence electrons. The molecule has 0 saturated heterocycles. The van der Waals surface area contributed by atoms with Gasteiger partial charge in [0.2, 0.25) is 0 Å². The normalized spacial score (nSPS) is 10.5. The molecule has 0 spiro atoms. The molecule has 0 aliphatic heterocycles. The van der Waals surface area contributed by atoms with Crippen molar-refractivity contribution in [3.8, 4) is 5.75 Å². The summed E-state index contributed by atoms with van der Waals surface area (Å²) in [6.45, 7) is 1.90. The highest BCUT2D eigenvalue weighted by Crippen LogP contribution is 2.27. The number of nitrogens with one attached hydrogen (secondary N) is 1. The number of nitrogens with zero attached hydrogens (tertiary/aromatic N) is 1. The smallest absolute Gasteiger partial charge is 0.151 e. The van der Waals surface area contributed by atoms with Crippen LogP contribution in [0.2, 0.25) is 0 Å². The van der Waals surface area contributed by atoms with Crippen molar-refractivity contribution in [1.29, 1.82) is 5.41 Å². The monoisotopic (exact) mass is 206 g/mol. The van der Waals surface area contributed by atoms with Crippen LogP contribution in [0.4, 0.5) is 5.69 Å². The summed E-state index contributed by atoms with van der Waals surface area (Å²) < 4.78 is 5.13. The number of rotatable bonds is 3. The number of hydrogen-bond donors (Lipinski definition) is 3. The summed E-state index contributed by atoms with van der Waals surface area (Å²) in [6.07, 6.45) is 1.25. The van der Waals surface area contributed by atoms with Gasteiger partial charge in [0.1, 0.15) is 0 Å². The molecule has 0 amide bonds. The predicted molar refractivity (Wildman–Crippen MR) is 61.7 cm³/mol. The molecule has 1 aromatic carbocycles. The number of anilines is 1. The van der Waals surface area contributed by atoms with Crippen LogP contribution >= 0.6 is 0 Å². The Labute approximate surface area is 88.2 Å². The van der Waals surface area contributed by atoms with E-state index in [-0.39, 0.29) is 5.71 Å². The highest BCUT2D eigenvalue weighted by molar-refractivity contribution is 6.37. The SMILES string of the molecule is COc1c(N)cc(C)cc1C(=N)/C=N\N. The Hall–Kier alpha value is -2.04. The molecule has 0 heterocycles. The minimum atomic E-state index is 0.171. The number of aryl methyl sites for hydroxylation is 1. The van der Waals surface area contributed by atoms with Gasteiger partial charge in [0.25, 0.3) is 0 Å². The second-order valence-electron chi connectivity index (χ2n) is 3.13. The Morgan fingerprint density at radius 3 is 2.73 bits per heavy atom. The van der Waals surface area contributed by atoms with Gasteiger partial charge >= 0.3 is 0 Å². The topological polar surface area (TPSA) is 97.5 Å². The van der Waals surface area contributed by atoms with E-state index in [0.717, 1.165) is 5.56 Å². The first-order valence-electron chi connectivity index (χ1n) is 4.36. The van der Waals surface area contributed by atoms with Crippen molar-refractivity contribution in [3.05, 3.63) is 23.3 Å². The number of benzene rings is 1. The Balaban J connectivity index is 3.32. The molecule has 0 aliphatic carbocycles. The Bertz CT molecular complexity index is 412. The number of nitrogen functional groups attached to an aromatic ring is 1. The average Bonchev–Trinajstić information content (AvgIpc) is 2.17. The molecule has 5 heteroatoms. The zero-order valence-electron chi connectivity index (χ0n) is 8.74. The lowest BCUT2D eigenvalue weighted by atomic mass is 10.0. The van der Waals surface area contributed by atoms with E-state index < -0.39 is 0 Å². The van der Waals surface area contributed by atoms with Crippen LogP contribution in [0, 0.1) is 12.3 Å². The van der Waals surface area contributed by atoms with Gasteiger partial charge in [0.15, 0.2) is 5.75 Å². The zero-order valence-corrected chi connectivity index (χ0v) is 8.74. The second kappa shape index (κ2) is 4.45. The molecule has 0 unspecified atom stereocenters. The maximum absolute atomic E-state index is 7.70. The average molecular weight is 206 g/mol. The van der Waals surface area contributed by atoms with Gasteiger partial charge < -0.3 is 16.3 Å². The zero-order chi connectivity index (χ0) is 11.4. The Morgan fingerprint density at radius 2 is 2.20 bits per heavy atom. The van der Waals surface area contributed by atoms with Gasteiger partial charge in [-0.25, -0.2) is 0 Å². The summed E-state index contributed by atoms with van der Waals surface area (Å²) in [5.74, 6) is 5.47. The van der Waals surface area contributed by atoms with Crippen molar-refractivity contribution in [2.45, 2.75) is 6.92 Å². The lowest BCUT2D eigenvalue weighted by molar-refractivity contribution is 0.416. The fraction of sp³-hybridized carbons (Fsp3) is 0.200. The quantitative estimate of drug-likeness (QED) is 0.296. The summed E-state index contributed by atoms with van der Waals surface area (Å²) in [5.41, 5.74) is 7.99. The molecule has 0 atom stereocenters. The first kappa shape index (κ1) is 11.0. The van der Waals surface area contributed by atoms with Gasteiger partial charge in [-0.2, -0.15) is 5.10 Å². The van der Waals surface area contributed by atoms with Crippen molar-refractivity contribution in [2.75, 3.05) is 12.8 Å². The third-order valence-electron chi connectivity index (χ3n) is 1.96. The van der Waals surface area contributed by atoms with E-state index in [1.165, 1.54) is 13.3 Å². The first-order chi connectivity index (χ1) is 7.10. The Kier molecular flexibility index (Phi) is 3.28. The molecular formula is C10H14N4O. The number of ether oxygens (including phenoxy) is 1. The molecular weight excluding hydrogens is 192 g/mol. The third-order valence-corrected chi connectivity index (χ3v) is 1.96. The van der Waals surface area contributed by atoms with E-state index in [9.17, 15) is 0 Å². The summed E-state index contributed by atoms with van der Waals surface area (Å²) >= 11 is 0. The minimum absolute atomic E-state index is 0.171. The van der Waals surface area contributed by atoms with Crippen molar-refractivity contribution >= 4 is 17.6 Å². The molecule has 0 bridgehead atoms. The van der Waals surface area contributed by atoms with E-state index in [1.807, 2.05) is 6.92 Å². The largest absolute Gasteiger partial charge is 0.494 e.